The first kappa shape index (κ1) is 14.8. The lowest BCUT2D eigenvalue weighted by Gasteiger charge is -2.57. The van der Waals surface area contributed by atoms with Crippen LogP contribution in [0.25, 0.3) is 0 Å². The van der Waals surface area contributed by atoms with Crippen molar-refractivity contribution in [1.29, 1.82) is 0 Å². The van der Waals surface area contributed by atoms with Crippen LogP contribution in [0.4, 0.5) is 5.69 Å². The maximum absolute atomic E-state index is 12.3. The lowest BCUT2D eigenvalue weighted by molar-refractivity contribution is -0.162. The number of likely N-dealkylation sites (tertiary alicyclic amines) is 1. The van der Waals surface area contributed by atoms with E-state index in [2.05, 4.69) is 11.9 Å². The minimum atomic E-state index is -0.286. The number of aliphatic hydroxyl groups is 1. The van der Waals surface area contributed by atoms with Crippen LogP contribution in [0.15, 0.2) is 36.9 Å². The molecule has 2 fully saturated rings. The second-order valence-electron chi connectivity index (χ2n) is 6.34. The van der Waals surface area contributed by atoms with Gasteiger partial charge in [-0.25, -0.2) is 0 Å². The van der Waals surface area contributed by atoms with Crippen LogP contribution >= 0.6 is 0 Å². The number of benzene rings is 1. The van der Waals surface area contributed by atoms with Crippen LogP contribution in [-0.2, 0) is 16.0 Å². The van der Waals surface area contributed by atoms with E-state index in [0.29, 0.717) is 5.69 Å². The summed E-state index contributed by atoms with van der Waals surface area (Å²) in [5, 5.41) is 12.1. The molecule has 5 heteroatoms. The van der Waals surface area contributed by atoms with Gasteiger partial charge in [0.1, 0.15) is 0 Å². The molecule has 1 spiro atoms. The fraction of sp³-hybridized carbons (Fsp3) is 0.412. The topological polar surface area (TPSA) is 69.6 Å². The Balaban J connectivity index is 1.60. The van der Waals surface area contributed by atoms with Crippen LogP contribution in [0.2, 0.25) is 0 Å². The number of amides is 2. The average molecular weight is 300 g/mol. The van der Waals surface area contributed by atoms with E-state index in [1.807, 2.05) is 23.1 Å². The molecule has 0 aromatic heterocycles. The number of anilines is 1. The first-order valence-electron chi connectivity index (χ1n) is 7.48. The predicted molar refractivity (Wildman–Crippen MR) is 83.2 cm³/mol. The molecule has 3 rings (SSSR count). The van der Waals surface area contributed by atoms with Gasteiger partial charge < -0.3 is 15.3 Å². The fourth-order valence-electron chi connectivity index (χ4n) is 3.39. The smallest absolute Gasteiger partial charge is 0.247 e. The second-order valence-corrected chi connectivity index (χ2v) is 6.34. The summed E-state index contributed by atoms with van der Waals surface area (Å²) in [5.41, 5.74) is 1.62. The lowest BCUT2D eigenvalue weighted by Crippen LogP contribution is -2.65. The number of para-hydroxylation sites is 1. The zero-order chi connectivity index (χ0) is 15.7. The molecule has 1 aromatic carbocycles. The highest BCUT2D eigenvalue weighted by molar-refractivity contribution is 5.99. The molecule has 0 unspecified atom stereocenters. The monoisotopic (exact) mass is 300 g/mol. The molecule has 0 atom stereocenters. The first-order chi connectivity index (χ1) is 10.5. The average Bonchev–Trinajstić information content (AvgIpc) is 2.43. The van der Waals surface area contributed by atoms with Crippen LogP contribution in [-0.4, -0.2) is 41.0 Å². The van der Waals surface area contributed by atoms with Crippen molar-refractivity contribution in [2.45, 2.75) is 25.4 Å². The van der Waals surface area contributed by atoms with Crippen molar-refractivity contribution < 1.29 is 14.7 Å². The Hall–Kier alpha value is -2.14. The Kier molecular flexibility index (Phi) is 3.74. The number of hydrogen-bond donors (Lipinski definition) is 2. The van der Waals surface area contributed by atoms with E-state index in [1.54, 1.807) is 6.07 Å². The van der Waals surface area contributed by atoms with Gasteiger partial charge in [-0.2, -0.15) is 0 Å². The number of rotatable bonds is 4. The maximum Gasteiger partial charge on any atom is 0.247 e. The van der Waals surface area contributed by atoms with Crippen molar-refractivity contribution in [3.05, 3.63) is 42.5 Å². The van der Waals surface area contributed by atoms with Gasteiger partial charge in [0.15, 0.2) is 0 Å². The molecule has 1 saturated heterocycles. The highest BCUT2D eigenvalue weighted by Gasteiger charge is 2.53. The molecular weight excluding hydrogens is 280 g/mol. The molecule has 1 saturated carbocycles. The van der Waals surface area contributed by atoms with E-state index in [-0.39, 0.29) is 29.8 Å². The summed E-state index contributed by atoms with van der Waals surface area (Å²) in [6, 6.07) is 7.30. The number of carbonyl (C=O) groups excluding carboxylic acids is 2. The molecule has 0 bridgehead atoms. The first-order valence-corrected chi connectivity index (χ1v) is 7.48. The highest BCUT2D eigenvalue weighted by Crippen LogP contribution is 2.48. The van der Waals surface area contributed by atoms with Crippen molar-refractivity contribution >= 4 is 17.5 Å². The van der Waals surface area contributed by atoms with Crippen molar-refractivity contribution in [2.75, 3.05) is 18.4 Å². The van der Waals surface area contributed by atoms with Gasteiger partial charge in [0.25, 0.3) is 0 Å². The van der Waals surface area contributed by atoms with Gasteiger partial charge in [-0.1, -0.05) is 24.8 Å². The summed E-state index contributed by atoms with van der Waals surface area (Å²) in [5.74, 6) is -0.224. The molecule has 5 nitrogen and oxygen atoms in total. The number of nitrogens with zero attached hydrogens (tertiary/aromatic N) is 1. The molecule has 1 aromatic rings. The second kappa shape index (κ2) is 5.57. The Morgan fingerprint density at radius 3 is 2.68 bits per heavy atom. The van der Waals surface area contributed by atoms with Crippen LogP contribution in [0.5, 0.6) is 0 Å². The number of aliphatic hydroxyl groups excluding tert-OH is 1. The van der Waals surface area contributed by atoms with Crippen molar-refractivity contribution in [1.82, 2.24) is 4.90 Å². The van der Waals surface area contributed by atoms with Gasteiger partial charge in [-0.15, -0.1) is 0 Å². The standard InChI is InChI=1S/C17H20N2O3/c1-2-15(21)18-14-6-4-3-5-12(14)7-16(22)19-10-17(11-19)8-13(20)9-17/h2-6,13,20H,1,7-11H2,(H,18,21). The van der Waals surface area contributed by atoms with E-state index >= 15 is 0 Å². The number of hydrogen-bond acceptors (Lipinski definition) is 3. The predicted octanol–water partition coefficient (Wildman–Crippen LogP) is 1.34. The summed E-state index contributed by atoms with van der Waals surface area (Å²) in [6.07, 6.45) is 2.91. The van der Waals surface area contributed by atoms with Gasteiger partial charge in [0.05, 0.1) is 12.5 Å². The largest absolute Gasteiger partial charge is 0.393 e. The summed E-state index contributed by atoms with van der Waals surface area (Å²) in [4.78, 5) is 25.6. The minimum Gasteiger partial charge on any atom is -0.393 e. The van der Waals surface area contributed by atoms with Crippen LogP contribution in [0.3, 0.4) is 0 Å². The summed E-state index contributed by atoms with van der Waals surface area (Å²) in [6.45, 7) is 4.91. The summed E-state index contributed by atoms with van der Waals surface area (Å²) in [7, 11) is 0. The zero-order valence-corrected chi connectivity index (χ0v) is 12.4. The molecular formula is C17H20N2O3. The van der Waals surface area contributed by atoms with Gasteiger partial charge in [-0.05, 0) is 30.5 Å². The van der Waals surface area contributed by atoms with Gasteiger partial charge in [-0.3, -0.25) is 9.59 Å². The molecule has 1 aliphatic carbocycles. The normalized spacial score (nSPS) is 19.2. The van der Waals surface area contributed by atoms with E-state index in [1.165, 1.54) is 6.08 Å². The van der Waals surface area contributed by atoms with E-state index < -0.39 is 0 Å². The summed E-state index contributed by atoms with van der Waals surface area (Å²) >= 11 is 0. The van der Waals surface area contributed by atoms with Gasteiger partial charge in [0, 0.05) is 24.2 Å². The van der Waals surface area contributed by atoms with E-state index in [9.17, 15) is 14.7 Å². The number of nitrogens with one attached hydrogen (secondary N) is 1. The highest BCUT2D eigenvalue weighted by atomic mass is 16.3. The molecule has 2 aliphatic rings. The Bertz CT molecular complexity index is 612. The van der Waals surface area contributed by atoms with Gasteiger partial charge >= 0.3 is 0 Å². The Morgan fingerprint density at radius 2 is 2.05 bits per heavy atom. The van der Waals surface area contributed by atoms with E-state index in [4.69, 9.17) is 0 Å². The minimum absolute atomic E-state index is 0.0623. The third-order valence-corrected chi connectivity index (χ3v) is 4.54. The van der Waals surface area contributed by atoms with Crippen molar-refractivity contribution in [3.63, 3.8) is 0 Å². The Labute approximate surface area is 129 Å². The summed E-state index contributed by atoms with van der Waals surface area (Å²) < 4.78 is 0. The third kappa shape index (κ3) is 2.76. The molecule has 1 aliphatic heterocycles. The van der Waals surface area contributed by atoms with E-state index in [0.717, 1.165) is 31.5 Å². The Morgan fingerprint density at radius 1 is 1.36 bits per heavy atom. The fourth-order valence-corrected chi connectivity index (χ4v) is 3.39. The van der Waals surface area contributed by atoms with Crippen LogP contribution in [0.1, 0.15) is 18.4 Å². The quantitative estimate of drug-likeness (QED) is 0.824. The molecule has 1 heterocycles. The van der Waals surface area contributed by atoms with Crippen molar-refractivity contribution in [3.8, 4) is 0 Å². The molecule has 116 valence electrons. The molecule has 0 radical (unpaired) electrons. The molecule has 22 heavy (non-hydrogen) atoms. The van der Waals surface area contributed by atoms with Gasteiger partial charge in [0.2, 0.25) is 11.8 Å². The number of carbonyl (C=O) groups is 2. The maximum atomic E-state index is 12.3. The third-order valence-electron chi connectivity index (χ3n) is 4.54. The molecule has 2 amide bonds. The van der Waals surface area contributed by atoms with Crippen molar-refractivity contribution in [2.24, 2.45) is 5.41 Å². The molecule has 2 N–H and O–H groups in total. The SMILES string of the molecule is C=CC(=O)Nc1ccccc1CC(=O)N1CC2(CC(O)C2)C1. The zero-order valence-electron chi connectivity index (χ0n) is 12.4. The van der Waals surface area contributed by atoms with Crippen LogP contribution in [0, 0.1) is 5.41 Å². The van der Waals surface area contributed by atoms with Crippen LogP contribution < -0.4 is 5.32 Å². The lowest BCUT2D eigenvalue weighted by atomic mass is 9.62.